The average Bonchev–Trinajstić information content (AvgIpc) is 2.30. The number of hydrogen-bond donors (Lipinski definition) is 0. The van der Waals surface area contributed by atoms with Crippen LogP contribution in [0.15, 0.2) is 48.8 Å². The van der Waals surface area contributed by atoms with Crippen molar-refractivity contribution < 1.29 is 0 Å². The highest BCUT2D eigenvalue weighted by molar-refractivity contribution is 5.65. The Morgan fingerprint density at radius 1 is 0.857 bits per heavy atom. The standard InChI is InChI=1S/C11H8N3/c12-14-11-3-1-9(2-4-11)10-5-7-13-8-6-10/h1-8H/q+1. The lowest BCUT2D eigenvalue weighted by Gasteiger charge is -1.97. The Morgan fingerprint density at radius 2 is 1.43 bits per heavy atom. The molecule has 1 heterocycles. The zero-order chi connectivity index (χ0) is 9.80. The van der Waals surface area contributed by atoms with Crippen molar-refractivity contribution in [1.29, 1.82) is 5.39 Å². The van der Waals surface area contributed by atoms with Crippen molar-refractivity contribution in [2.45, 2.75) is 0 Å². The van der Waals surface area contributed by atoms with E-state index in [0.29, 0.717) is 5.69 Å². The predicted octanol–water partition coefficient (Wildman–Crippen LogP) is 3.23. The molecule has 0 unspecified atom stereocenters. The van der Waals surface area contributed by atoms with Crippen molar-refractivity contribution >= 4 is 5.69 Å². The van der Waals surface area contributed by atoms with Gasteiger partial charge in [-0.2, -0.15) is 0 Å². The molecule has 0 atom stereocenters. The van der Waals surface area contributed by atoms with Crippen LogP contribution in [0.1, 0.15) is 0 Å². The van der Waals surface area contributed by atoms with Gasteiger partial charge >= 0.3 is 5.69 Å². The van der Waals surface area contributed by atoms with Crippen molar-refractivity contribution in [3.05, 3.63) is 53.8 Å². The highest BCUT2D eigenvalue weighted by Gasteiger charge is 2.03. The lowest BCUT2D eigenvalue weighted by Crippen LogP contribution is -1.76. The van der Waals surface area contributed by atoms with Gasteiger partial charge in [-0.3, -0.25) is 4.98 Å². The molecule has 0 aliphatic rings. The fraction of sp³-hybridized carbons (Fsp3) is 0. The van der Waals surface area contributed by atoms with E-state index in [0.717, 1.165) is 11.1 Å². The summed E-state index contributed by atoms with van der Waals surface area (Å²) in [5.41, 5.74) is 2.74. The van der Waals surface area contributed by atoms with Crippen LogP contribution in [0.25, 0.3) is 16.1 Å². The van der Waals surface area contributed by atoms with Crippen LogP contribution in [0.2, 0.25) is 0 Å². The first kappa shape index (κ1) is 8.39. The van der Waals surface area contributed by atoms with Crippen molar-refractivity contribution in [3.8, 4) is 11.1 Å². The maximum atomic E-state index is 8.51. The second kappa shape index (κ2) is 3.67. The van der Waals surface area contributed by atoms with Gasteiger partial charge in [0, 0.05) is 24.5 Å². The van der Waals surface area contributed by atoms with Crippen LogP contribution in [0.4, 0.5) is 5.69 Å². The molecule has 0 saturated heterocycles. The topological polar surface area (TPSA) is 41.0 Å². The molecule has 0 aliphatic heterocycles. The normalized spacial score (nSPS) is 9.36. The molecule has 3 nitrogen and oxygen atoms in total. The third-order valence-electron chi connectivity index (χ3n) is 2.00. The molecule has 1 aromatic carbocycles. The van der Waals surface area contributed by atoms with Crippen LogP contribution in [-0.2, 0) is 0 Å². The molecule has 66 valence electrons. The summed E-state index contributed by atoms with van der Waals surface area (Å²) in [6.07, 6.45) is 3.50. The molecule has 0 saturated carbocycles. The van der Waals surface area contributed by atoms with E-state index >= 15 is 0 Å². The molecule has 0 bridgehead atoms. The summed E-state index contributed by atoms with van der Waals surface area (Å²) in [7, 11) is 0. The van der Waals surface area contributed by atoms with Gasteiger partial charge in [-0.25, -0.2) is 0 Å². The molecule has 14 heavy (non-hydrogen) atoms. The molecule has 3 heteroatoms. The Bertz CT molecular complexity index is 454. The monoisotopic (exact) mass is 182 g/mol. The molecule has 0 spiro atoms. The number of pyridine rings is 1. The molecule has 0 fully saturated rings. The van der Waals surface area contributed by atoms with Crippen molar-refractivity contribution in [3.63, 3.8) is 0 Å². The molecule has 2 rings (SSSR count). The quantitative estimate of drug-likeness (QED) is 0.635. The van der Waals surface area contributed by atoms with Gasteiger partial charge in [-0.05, 0) is 35.4 Å². The minimum absolute atomic E-state index is 0.558. The van der Waals surface area contributed by atoms with E-state index < -0.39 is 0 Å². The Labute approximate surface area is 81.7 Å². The van der Waals surface area contributed by atoms with Gasteiger partial charge in [0.05, 0.1) is 0 Å². The molecule has 1 aromatic heterocycles. The van der Waals surface area contributed by atoms with Gasteiger partial charge in [-0.15, -0.1) is 0 Å². The van der Waals surface area contributed by atoms with E-state index in [1.165, 1.54) is 0 Å². The van der Waals surface area contributed by atoms with Gasteiger partial charge in [0.15, 0.2) is 4.98 Å². The summed E-state index contributed by atoms with van der Waals surface area (Å²) in [5.74, 6) is 0. The van der Waals surface area contributed by atoms with Gasteiger partial charge in [0.1, 0.15) is 0 Å². The minimum atomic E-state index is 0.558. The minimum Gasteiger partial charge on any atom is -0.265 e. The Morgan fingerprint density at radius 3 is 2.00 bits per heavy atom. The van der Waals surface area contributed by atoms with Crippen LogP contribution in [0.5, 0.6) is 0 Å². The van der Waals surface area contributed by atoms with Crippen molar-refractivity contribution in [2.24, 2.45) is 0 Å². The molecular weight excluding hydrogens is 174 g/mol. The average molecular weight is 182 g/mol. The van der Waals surface area contributed by atoms with E-state index in [2.05, 4.69) is 9.96 Å². The highest BCUT2D eigenvalue weighted by atomic mass is 14.8. The third kappa shape index (κ3) is 1.59. The van der Waals surface area contributed by atoms with Crippen molar-refractivity contribution in [2.75, 3.05) is 0 Å². The van der Waals surface area contributed by atoms with Crippen LogP contribution >= 0.6 is 0 Å². The van der Waals surface area contributed by atoms with Crippen LogP contribution in [-0.4, -0.2) is 4.98 Å². The van der Waals surface area contributed by atoms with E-state index in [9.17, 15) is 0 Å². The second-order valence-corrected chi connectivity index (χ2v) is 2.88. The molecule has 0 N–H and O–H groups in total. The highest BCUT2D eigenvalue weighted by Crippen LogP contribution is 2.21. The largest absolute Gasteiger partial charge is 0.385 e. The van der Waals surface area contributed by atoms with Gasteiger partial charge in [-0.1, -0.05) is 0 Å². The second-order valence-electron chi connectivity index (χ2n) is 2.88. The van der Waals surface area contributed by atoms with Gasteiger partial charge in [0.25, 0.3) is 0 Å². The summed E-state index contributed by atoms with van der Waals surface area (Å²) in [6.45, 7) is 0. The third-order valence-corrected chi connectivity index (χ3v) is 2.00. The zero-order valence-corrected chi connectivity index (χ0v) is 7.46. The molecule has 0 radical (unpaired) electrons. The number of rotatable bonds is 1. The first-order valence-electron chi connectivity index (χ1n) is 4.26. The maximum Gasteiger partial charge on any atom is 0.385 e. The molecule has 0 aliphatic carbocycles. The molecular formula is C11H8N3+. The summed E-state index contributed by atoms with van der Waals surface area (Å²) in [4.78, 5) is 7.04. The maximum absolute atomic E-state index is 8.51. The summed E-state index contributed by atoms with van der Waals surface area (Å²) >= 11 is 0. The number of aromatic nitrogens is 1. The molecule has 0 amide bonds. The van der Waals surface area contributed by atoms with Crippen LogP contribution < -0.4 is 0 Å². The molecule has 2 aromatic rings. The number of diazo groups is 1. The first-order chi connectivity index (χ1) is 6.90. The SMILES string of the molecule is N#[N+]c1ccc(-c2ccncc2)cc1. The summed E-state index contributed by atoms with van der Waals surface area (Å²) in [5, 5.41) is 8.51. The fourth-order valence-corrected chi connectivity index (χ4v) is 1.26. The first-order valence-corrected chi connectivity index (χ1v) is 4.26. The summed E-state index contributed by atoms with van der Waals surface area (Å²) < 4.78 is 0. The lowest BCUT2D eigenvalue weighted by atomic mass is 10.1. The van der Waals surface area contributed by atoms with Crippen molar-refractivity contribution in [1.82, 2.24) is 4.98 Å². The smallest absolute Gasteiger partial charge is 0.265 e. The van der Waals surface area contributed by atoms with Gasteiger partial charge in [0.2, 0.25) is 5.39 Å². The number of nitrogens with zero attached hydrogens (tertiary/aromatic N) is 3. The lowest BCUT2D eigenvalue weighted by molar-refractivity contribution is 1.33. The summed E-state index contributed by atoms with van der Waals surface area (Å²) in [6, 6.07) is 11.2. The van der Waals surface area contributed by atoms with Crippen LogP contribution in [0.3, 0.4) is 0 Å². The van der Waals surface area contributed by atoms with E-state index in [-0.39, 0.29) is 0 Å². The zero-order valence-electron chi connectivity index (χ0n) is 7.46. The Kier molecular flexibility index (Phi) is 2.20. The van der Waals surface area contributed by atoms with E-state index in [4.69, 9.17) is 5.39 Å². The van der Waals surface area contributed by atoms with Crippen LogP contribution in [0, 0.1) is 5.39 Å². The Hall–Kier alpha value is -2.21. The number of hydrogen-bond acceptors (Lipinski definition) is 2. The van der Waals surface area contributed by atoms with E-state index in [1.807, 2.05) is 24.3 Å². The predicted molar refractivity (Wildman–Crippen MR) is 54.4 cm³/mol. The fourth-order valence-electron chi connectivity index (χ4n) is 1.26. The van der Waals surface area contributed by atoms with E-state index in [1.54, 1.807) is 24.5 Å². The number of benzene rings is 1. The Balaban J connectivity index is 2.40. The van der Waals surface area contributed by atoms with Gasteiger partial charge < -0.3 is 0 Å².